The maximum Gasteiger partial charge on any atom is 0.227 e. The highest BCUT2D eigenvalue weighted by atomic mass is 16.5. The lowest BCUT2D eigenvalue weighted by Crippen LogP contribution is -2.40. The molecule has 140 valence electrons. The van der Waals surface area contributed by atoms with Gasteiger partial charge in [0.2, 0.25) is 17.6 Å². The molecule has 0 aliphatic heterocycles. The van der Waals surface area contributed by atoms with Crippen LogP contribution < -0.4 is 11.1 Å². The third-order valence-corrected chi connectivity index (χ3v) is 5.01. The number of aryl methyl sites for hydroxylation is 1. The Balaban J connectivity index is 1.49. The molecule has 0 bridgehead atoms. The van der Waals surface area contributed by atoms with Gasteiger partial charge in [-0.15, -0.1) is 0 Å². The average molecular weight is 356 g/mol. The highest BCUT2D eigenvalue weighted by Crippen LogP contribution is 2.21. The van der Waals surface area contributed by atoms with E-state index in [1.807, 2.05) is 12.1 Å². The number of hydrogen-bond acceptors (Lipinski definition) is 5. The van der Waals surface area contributed by atoms with Gasteiger partial charge in [-0.05, 0) is 37.2 Å². The summed E-state index contributed by atoms with van der Waals surface area (Å²) >= 11 is 0. The quantitative estimate of drug-likeness (QED) is 0.829. The molecule has 1 fully saturated rings. The Labute approximate surface area is 154 Å². The maximum atomic E-state index is 12.1. The van der Waals surface area contributed by atoms with Crippen molar-refractivity contribution >= 4 is 5.91 Å². The summed E-state index contributed by atoms with van der Waals surface area (Å²) in [6.07, 6.45) is 4.70. The largest absolute Gasteiger partial charge is 0.353 e. The smallest absolute Gasteiger partial charge is 0.227 e. The Morgan fingerprint density at radius 2 is 1.92 bits per heavy atom. The monoisotopic (exact) mass is 356 g/mol. The van der Waals surface area contributed by atoms with Crippen molar-refractivity contribution in [3.05, 3.63) is 35.7 Å². The number of aromatic nitrogens is 2. The van der Waals surface area contributed by atoms with Crippen molar-refractivity contribution < 1.29 is 9.32 Å². The molecule has 6 nitrogen and oxygen atoms in total. The molecule has 1 saturated carbocycles. The molecule has 1 aliphatic rings. The summed E-state index contributed by atoms with van der Waals surface area (Å²) in [6.45, 7) is 4.32. The van der Waals surface area contributed by atoms with Gasteiger partial charge < -0.3 is 15.6 Å². The minimum absolute atomic E-state index is 0.0338. The molecule has 0 saturated heterocycles. The third-order valence-electron chi connectivity index (χ3n) is 5.01. The van der Waals surface area contributed by atoms with Crippen molar-refractivity contribution in [1.82, 2.24) is 15.5 Å². The average Bonchev–Trinajstić information content (AvgIpc) is 3.11. The van der Waals surface area contributed by atoms with Crippen molar-refractivity contribution in [3.8, 4) is 11.4 Å². The van der Waals surface area contributed by atoms with Crippen LogP contribution in [0.5, 0.6) is 0 Å². The van der Waals surface area contributed by atoms with Gasteiger partial charge in [0, 0.05) is 30.5 Å². The molecule has 0 unspecified atom stereocenters. The van der Waals surface area contributed by atoms with Crippen LogP contribution in [-0.2, 0) is 11.2 Å². The standard InChI is InChI=1S/C20H28N4O2/c1-13(2)14-3-5-15(6-4-14)20-23-19(26-24-20)12-11-18(25)22-17-9-7-16(21)8-10-17/h3-6,13,16-17H,7-12,21H2,1-2H3,(H,22,25). The molecule has 1 heterocycles. The lowest BCUT2D eigenvalue weighted by molar-refractivity contribution is -0.122. The zero-order valence-corrected chi connectivity index (χ0v) is 15.6. The van der Waals surface area contributed by atoms with Crippen LogP contribution in [0.2, 0.25) is 0 Å². The number of carbonyl (C=O) groups is 1. The van der Waals surface area contributed by atoms with Crippen LogP contribution in [0.4, 0.5) is 0 Å². The zero-order valence-electron chi connectivity index (χ0n) is 15.6. The molecule has 1 aromatic carbocycles. The molecule has 1 aliphatic carbocycles. The van der Waals surface area contributed by atoms with E-state index in [0.29, 0.717) is 30.5 Å². The lowest BCUT2D eigenvalue weighted by atomic mass is 9.92. The number of nitrogens with zero attached hydrogens (tertiary/aromatic N) is 2. The first-order valence-electron chi connectivity index (χ1n) is 9.49. The van der Waals surface area contributed by atoms with Gasteiger partial charge in [-0.1, -0.05) is 43.3 Å². The molecule has 1 aromatic heterocycles. The first kappa shape index (κ1) is 18.6. The van der Waals surface area contributed by atoms with Crippen LogP contribution in [0.15, 0.2) is 28.8 Å². The molecule has 1 amide bonds. The van der Waals surface area contributed by atoms with Gasteiger partial charge in [-0.2, -0.15) is 4.98 Å². The summed E-state index contributed by atoms with van der Waals surface area (Å²) in [5.74, 6) is 1.58. The fraction of sp³-hybridized carbons (Fsp3) is 0.550. The number of rotatable bonds is 6. The summed E-state index contributed by atoms with van der Waals surface area (Å²) in [5.41, 5.74) is 8.09. The van der Waals surface area contributed by atoms with E-state index in [9.17, 15) is 4.79 Å². The zero-order chi connectivity index (χ0) is 18.5. The van der Waals surface area contributed by atoms with Gasteiger partial charge in [0.15, 0.2) is 0 Å². The highest BCUT2D eigenvalue weighted by molar-refractivity contribution is 5.76. The van der Waals surface area contributed by atoms with E-state index in [1.54, 1.807) is 0 Å². The Morgan fingerprint density at radius 1 is 1.23 bits per heavy atom. The van der Waals surface area contributed by atoms with Crippen LogP contribution in [0.3, 0.4) is 0 Å². The molecule has 6 heteroatoms. The van der Waals surface area contributed by atoms with Crippen molar-refractivity contribution in [2.45, 2.75) is 70.4 Å². The van der Waals surface area contributed by atoms with Crippen LogP contribution >= 0.6 is 0 Å². The fourth-order valence-corrected chi connectivity index (χ4v) is 3.27. The second-order valence-electron chi connectivity index (χ2n) is 7.47. The molecule has 0 radical (unpaired) electrons. The minimum Gasteiger partial charge on any atom is -0.353 e. The van der Waals surface area contributed by atoms with E-state index in [4.69, 9.17) is 10.3 Å². The van der Waals surface area contributed by atoms with Crippen LogP contribution in [-0.4, -0.2) is 28.1 Å². The second-order valence-corrected chi connectivity index (χ2v) is 7.47. The fourth-order valence-electron chi connectivity index (χ4n) is 3.27. The van der Waals surface area contributed by atoms with Crippen molar-refractivity contribution in [3.63, 3.8) is 0 Å². The molecular weight excluding hydrogens is 328 g/mol. The van der Waals surface area contributed by atoms with E-state index >= 15 is 0 Å². The van der Waals surface area contributed by atoms with Gasteiger partial charge in [-0.3, -0.25) is 4.79 Å². The molecule has 0 atom stereocenters. The second kappa shape index (κ2) is 8.45. The summed E-state index contributed by atoms with van der Waals surface area (Å²) in [6, 6.07) is 8.71. The van der Waals surface area contributed by atoms with Crippen molar-refractivity contribution in [2.24, 2.45) is 5.73 Å². The summed E-state index contributed by atoms with van der Waals surface area (Å²) in [7, 11) is 0. The maximum absolute atomic E-state index is 12.1. The number of carbonyl (C=O) groups excluding carboxylic acids is 1. The van der Waals surface area contributed by atoms with E-state index in [2.05, 4.69) is 41.4 Å². The van der Waals surface area contributed by atoms with Gasteiger partial charge >= 0.3 is 0 Å². The Kier molecular flexibility index (Phi) is 6.04. The Hall–Kier alpha value is -2.21. The van der Waals surface area contributed by atoms with Gasteiger partial charge in [0.25, 0.3) is 0 Å². The SMILES string of the molecule is CC(C)c1ccc(-c2noc(CCC(=O)NC3CCC(N)CC3)n2)cc1. The van der Waals surface area contributed by atoms with E-state index in [1.165, 1.54) is 5.56 Å². The number of benzene rings is 1. The molecule has 26 heavy (non-hydrogen) atoms. The number of nitrogens with one attached hydrogen (secondary N) is 1. The van der Waals surface area contributed by atoms with Crippen LogP contribution in [0.25, 0.3) is 11.4 Å². The molecular formula is C20H28N4O2. The van der Waals surface area contributed by atoms with E-state index in [-0.39, 0.29) is 18.0 Å². The van der Waals surface area contributed by atoms with Crippen molar-refractivity contribution in [1.29, 1.82) is 0 Å². The number of hydrogen-bond donors (Lipinski definition) is 2. The highest BCUT2D eigenvalue weighted by Gasteiger charge is 2.20. The minimum atomic E-state index is 0.0338. The Morgan fingerprint density at radius 3 is 2.58 bits per heavy atom. The molecule has 3 N–H and O–H groups in total. The first-order valence-corrected chi connectivity index (χ1v) is 9.49. The molecule has 3 rings (SSSR count). The predicted octanol–water partition coefficient (Wildman–Crippen LogP) is 3.18. The van der Waals surface area contributed by atoms with Gasteiger partial charge in [-0.25, -0.2) is 0 Å². The lowest BCUT2D eigenvalue weighted by Gasteiger charge is -2.26. The van der Waals surface area contributed by atoms with Crippen LogP contribution in [0.1, 0.15) is 63.3 Å². The number of amides is 1. The summed E-state index contributed by atoms with van der Waals surface area (Å²) < 4.78 is 5.29. The first-order chi connectivity index (χ1) is 12.5. The normalized spacial score (nSPS) is 20.3. The van der Waals surface area contributed by atoms with Crippen molar-refractivity contribution in [2.75, 3.05) is 0 Å². The number of nitrogens with two attached hydrogens (primary N) is 1. The molecule has 2 aromatic rings. The summed E-state index contributed by atoms with van der Waals surface area (Å²) in [4.78, 5) is 16.5. The topological polar surface area (TPSA) is 94.0 Å². The predicted molar refractivity (Wildman–Crippen MR) is 101 cm³/mol. The van der Waals surface area contributed by atoms with Crippen LogP contribution in [0, 0.1) is 0 Å². The van der Waals surface area contributed by atoms with Gasteiger partial charge in [0.1, 0.15) is 0 Å². The van der Waals surface area contributed by atoms with E-state index < -0.39 is 0 Å². The van der Waals surface area contributed by atoms with E-state index in [0.717, 1.165) is 31.2 Å². The van der Waals surface area contributed by atoms with Gasteiger partial charge in [0.05, 0.1) is 0 Å². The molecule has 0 spiro atoms. The Bertz CT molecular complexity index is 716. The summed E-state index contributed by atoms with van der Waals surface area (Å²) in [5, 5.41) is 7.11. The third kappa shape index (κ3) is 4.91.